The molecule has 0 aliphatic heterocycles. The Kier molecular flexibility index (Phi) is 4.78. The van der Waals surface area contributed by atoms with Crippen molar-refractivity contribution >= 4 is 0 Å². The molecule has 0 saturated carbocycles. The van der Waals surface area contributed by atoms with Gasteiger partial charge < -0.3 is 9.67 Å². The van der Waals surface area contributed by atoms with Gasteiger partial charge in [-0.05, 0) is 37.0 Å². The topological polar surface area (TPSA) is 38.1 Å². The van der Waals surface area contributed by atoms with E-state index in [0.717, 1.165) is 46.6 Å². The second-order valence-electron chi connectivity index (χ2n) is 6.76. The van der Waals surface area contributed by atoms with E-state index in [4.69, 9.17) is 0 Å². The van der Waals surface area contributed by atoms with E-state index in [1.807, 2.05) is 55.1 Å². The van der Waals surface area contributed by atoms with Gasteiger partial charge in [-0.1, -0.05) is 61.0 Å². The number of aliphatic hydroxyl groups is 1. The lowest BCUT2D eigenvalue weighted by Crippen LogP contribution is -2.32. The van der Waals surface area contributed by atoms with Crippen LogP contribution in [0.1, 0.15) is 47.1 Å². The number of imidazole rings is 1. The molecule has 3 rings (SSSR count). The van der Waals surface area contributed by atoms with Gasteiger partial charge in [-0.15, -0.1) is 0 Å². The summed E-state index contributed by atoms with van der Waals surface area (Å²) in [5.74, 6) is 0.997. The molecule has 3 nitrogen and oxygen atoms in total. The monoisotopic (exact) mass is 334 g/mol. The molecule has 1 unspecified atom stereocenters. The van der Waals surface area contributed by atoms with E-state index in [9.17, 15) is 5.11 Å². The Morgan fingerprint density at radius 3 is 2.48 bits per heavy atom. The van der Waals surface area contributed by atoms with Crippen molar-refractivity contribution in [1.29, 1.82) is 0 Å². The number of nitrogens with zero attached hydrogens (tertiary/aromatic N) is 2. The molecule has 0 fully saturated rings. The highest BCUT2D eigenvalue weighted by molar-refractivity contribution is 5.49. The first-order valence-corrected chi connectivity index (χ1v) is 8.85. The van der Waals surface area contributed by atoms with Gasteiger partial charge in [-0.3, -0.25) is 0 Å². The van der Waals surface area contributed by atoms with E-state index in [-0.39, 0.29) is 0 Å². The van der Waals surface area contributed by atoms with Crippen LogP contribution in [0.4, 0.5) is 0 Å². The number of hydrogen-bond donors (Lipinski definition) is 1. The molecule has 25 heavy (non-hydrogen) atoms. The maximum absolute atomic E-state index is 12.0. The maximum Gasteiger partial charge on any atom is 0.157 e. The molecule has 130 valence electrons. The van der Waals surface area contributed by atoms with Crippen LogP contribution >= 0.6 is 0 Å². The van der Waals surface area contributed by atoms with Gasteiger partial charge in [0.15, 0.2) is 5.60 Å². The predicted molar refractivity (Wildman–Crippen MR) is 102 cm³/mol. The fourth-order valence-corrected chi connectivity index (χ4v) is 3.49. The minimum Gasteiger partial charge on any atom is -0.374 e. The zero-order chi connectivity index (χ0) is 18.0. The fourth-order valence-electron chi connectivity index (χ4n) is 3.49. The summed E-state index contributed by atoms with van der Waals surface area (Å²) in [5.41, 5.74) is 3.53. The molecule has 0 bridgehead atoms. The Morgan fingerprint density at radius 2 is 1.80 bits per heavy atom. The third kappa shape index (κ3) is 3.00. The van der Waals surface area contributed by atoms with E-state index in [2.05, 4.69) is 37.0 Å². The fraction of sp³-hybridized carbons (Fsp3) is 0.318. The molecule has 3 heteroatoms. The summed E-state index contributed by atoms with van der Waals surface area (Å²) >= 11 is 0. The number of hydrogen-bond acceptors (Lipinski definition) is 2. The van der Waals surface area contributed by atoms with Crippen molar-refractivity contribution in [2.45, 2.75) is 39.2 Å². The van der Waals surface area contributed by atoms with Crippen LogP contribution in [0.25, 0.3) is 0 Å². The van der Waals surface area contributed by atoms with Crippen molar-refractivity contribution in [3.63, 3.8) is 0 Å². The molecular formula is C22H26N2O. The molecule has 3 aromatic rings. The molecule has 1 atom stereocenters. The normalized spacial score (nSPS) is 13.6. The minimum absolute atomic E-state index is 0.802. The number of aromatic nitrogens is 2. The standard InChI is InChI=1S/C22H26N2O/c1-5-9-21-23-15-20(24(21)4)22(25,18-10-7-6-8-11-18)19-14-16(2)12-13-17(19)3/h6-8,10-15,25H,5,9H2,1-4H3. The van der Waals surface area contributed by atoms with Gasteiger partial charge in [-0.2, -0.15) is 0 Å². The second kappa shape index (κ2) is 6.85. The highest BCUT2D eigenvalue weighted by Gasteiger charge is 2.38. The van der Waals surface area contributed by atoms with E-state index in [1.54, 1.807) is 0 Å². The van der Waals surface area contributed by atoms with Crippen molar-refractivity contribution < 1.29 is 5.11 Å². The first kappa shape index (κ1) is 17.4. The van der Waals surface area contributed by atoms with Gasteiger partial charge >= 0.3 is 0 Å². The molecule has 0 saturated heterocycles. The Hall–Kier alpha value is -2.39. The maximum atomic E-state index is 12.0. The Bertz CT molecular complexity index is 867. The summed E-state index contributed by atoms with van der Waals surface area (Å²) in [6.07, 6.45) is 3.74. The number of aryl methyl sites for hydroxylation is 3. The molecule has 0 spiro atoms. The predicted octanol–water partition coefficient (Wildman–Crippen LogP) is 4.27. The summed E-state index contributed by atoms with van der Waals surface area (Å²) < 4.78 is 2.04. The van der Waals surface area contributed by atoms with E-state index < -0.39 is 5.60 Å². The highest BCUT2D eigenvalue weighted by Crippen LogP contribution is 2.38. The number of benzene rings is 2. The first-order chi connectivity index (χ1) is 12.0. The molecule has 1 heterocycles. The van der Waals surface area contributed by atoms with E-state index in [0.29, 0.717) is 0 Å². The van der Waals surface area contributed by atoms with Gasteiger partial charge in [0.2, 0.25) is 0 Å². The lowest BCUT2D eigenvalue weighted by Gasteiger charge is -2.31. The smallest absolute Gasteiger partial charge is 0.157 e. The number of rotatable bonds is 5. The Balaban J connectivity index is 2.29. The second-order valence-corrected chi connectivity index (χ2v) is 6.76. The Morgan fingerprint density at radius 1 is 1.08 bits per heavy atom. The van der Waals surface area contributed by atoms with Crippen LogP contribution in [0.2, 0.25) is 0 Å². The van der Waals surface area contributed by atoms with Crippen LogP contribution in [-0.2, 0) is 19.1 Å². The third-order valence-corrected chi connectivity index (χ3v) is 4.90. The summed E-state index contributed by atoms with van der Waals surface area (Å²) in [7, 11) is 1.99. The lowest BCUT2D eigenvalue weighted by atomic mass is 9.81. The first-order valence-electron chi connectivity index (χ1n) is 8.85. The van der Waals surface area contributed by atoms with Gasteiger partial charge in [0.25, 0.3) is 0 Å². The van der Waals surface area contributed by atoms with E-state index in [1.165, 1.54) is 0 Å². The lowest BCUT2D eigenvalue weighted by molar-refractivity contribution is 0.116. The Labute approximate surface area is 150 Å². The summed E-state index contributed by atoms with van der Waals surface area (Å²) in [6.45, 7) is 6.24. The zero-order valence-electron chi connectivity index (χ0n) is 15.5. The molecule has 1 aromatic heterocycles. The molecule has 1 N–H and O–H groups in total. The molecule has 2 aromatic carbocycles. The van der Waals surface area contributed by atoms with Crippen LogP contribution in [0, 0.1) is 13.8 Å². The van der Waals surface area contributed by atoms with Crippen molar-refractivity contribution in [2.24, 2.45) is 7.05 Å². The van der Waals surface area contributed by atoms with Crippen LogP contribution in [0.15, 0.2) is 54.7 Å². The van der Waals surface area contributed by atoms with Crippen molar-refractivity contribution in [1.82, 2.24) is 9.55 Å². The average Bonchev–Trinajstić information content (AvgIpc) is 2.99. The van der Waals surface area contributed by atoms with Crippen molar-refractivity contribution in [3.8, 4) is 0 Å². The van der Waals surface area contributed by atoms with Crippen molar-refractivity contribution in [3.05, 3.63) is 88.5 Å². The van der Waals surface area contributed by atoms with Crippen LogP contribution < -0.4 is 0 Å². The largest absolute Gasteiger partial charge is 0.374 e. The molecule has 0 amide bonds. The van der Waals surface area contributed by atoms with Crippen LogP contribution in [0.3, 0.4) is 0 Å². The molecule has 0 aliphatic carbocycles. The SMILES string of the molecule is CCCc1ncc(C(O)(c2ccccc2)c2cc(C)ccc2C)n1C. The molecule has 0 aliphatic rings. The van der Waals surface area contributed by atoms with E-state index >= 15 is 0 Å². The summed E-state index contributed by atoms with van der Waals surface area (Å²) in [5, 5.41) is 12.0. The van der Waals surface area contributed by atoms with Gasteiger partial charge in [-0.25, -0.2) is 4.98 Å². The van der Waals surface area contributed by atoms with Gasteiger partial charge in [0.1, 0.15) is 5.82 Å². The highest BCUT2D eigenvalue weighted by atomic mass is 16.3. The van der Waals surface area contributed by atoms with Gasteiger partial charge in [0, 0.05) is 13.5 Å². The zero-order valence-corrected chi connectivity index (χ0v) is 15.5. The minimum atomic E-state index is -1.23. The summed E-state index contributed by atoms with van der Waals surface area (Å²) in [6, 6.07) is 16.1. The quantitative estimate of drug-likeness (QED) is 0.756. The van der Waals surface area contributed by atoms with Crippen molar-refractivity contribution in [2.75, 3.05) is 0 Å². The molecular weight excluding hydrogens is 308 g/mol. The average molecular weight is 334 g/mol. The molecule has 0 radical (unpaired) electrons. The summed E-state index contributed by atoms with van der Waals surface area (Å²) in [4.78, 5) is 4.58. The van der Waals surface area contributed by atoms with Gasteiger partial charge in [0.05, 0.1) is 11.9 Å². The third-order valence-electron chi connectivity index (χ3n) is 4.90. The van der Waals surface area contributed by atoms with Crippen LogP contribution in [0.5, 0.6) is 0 Å². The van der Waals surface area contributed by atoms with Crippen LogP contribution in [-0.4, -0.2) is 14.7 Å².